The molecule has 0 spiro atoms. The van der Waals surface area contributed by atoms with Gasteiger partial charge in [0.15, 0.2) is 11.6 Å². The predicted octanol–water partition coefficient (Wildman–Crippen LogP) is 6.10. The molecule has 5 heteroatoms. The summed E-state index contributed by atoms with van der Waals surface area (Å²) in [6, 6.07) is 15.9. The molecule has 0 bridgehead atoms. The number of nitrogens with zero attached hydrogens (tertiary/aromatic N) is 1. The van der Waals surface area contributed by atoms with Gasteiger partial charge in [0.1, 0.15) is 9.84 Å². The summed E-state index contributed by atoms with van der Waals surface area (Å²) in [7, 11) is 0. The number of allylic oxidation sites excluding steroid dienone is 1. The molecule has 0 radical (unpaired) electrons. The standard InChI is InChI=1S/C23H15NO2S2/c1-12-8-9-13(2)19-18(12)20(25)16(21(19)26)10-15-11-17-23(27-15)24-22(28-17)14-6-4-3-5-7-14/h3-11H,1-2H3. The average Bonchev–Trinajstić information content (AvgIpc) is 3.32. The van der Waals surface area contributed by atoms with Crippen molar-refractivity contribution in [2.24, 2.45) is 0 Å². The van der Waals surface area contributed by atoms with Gasteiger partial charge in [-0.3, -0.25) is 9.59 Å². The Balaban J connectivity index is 1.55. The smallest absolute Gasteiger partial charge is 0.198 e. The van der Waals surface area contributed by atoms with E-state index in [1.807, 2.05) is 62.4 Å². The number of aryl methyl sites for hydroxylation is 2. The molecule has 0 saturated carbocycles. The first kappa shape index (κ1) is 17.2. The molecule has 5 rings (SSSR count). The van der Waals surface area contributed by atoms with Crippen LogP contribution in [0.25, 0.3) is 26.2 Å². The molecular weight excluding hydrogens is 386 g/mol. The number of thiophene rings is 1. The fourth-order valence-electron chi connectivity index (χ4n) is 3.57. The van der Waals surface area contributed by atoms with Crippen molar-refractivity contribution >= 4 is 49.8 Å². The second kappa shape index (κ2) is 6.33. The van der Waals surface area contributed by atoms with Crippen LogP contribution in [0.2, 0.25) is 0 Å². The molecule has 1 aliphatic rings. The summed E-state index contributed by atoms with van der Waals surface area (Å²) in [6.07, 6.45) is 1.73. The molecule has 2 aromatic heterocycles. The highest BCUT2D eigenvalue weighted by molar-refractivity contribution is 7.29. The molecule has 0 aliphatic heterocycles. The molecule has 4 aromatic rings. The molecule has 2 heterocycles. The molecule has 1 aliphatic carbocycles. The van der Waals surface area contributed by atoms with Gasteiger partial charge in [-0.05, 0) is 37.1 Å². The maximum absolute atomic E-state index is 12.9. The Bertz CT molecular complexity index is 1230. The molecule has 0 unspecified atom stereocenters. The van der Waals surface area contributed by atoms with E-state index in [9.17, 15) is 9.59 Å². The summed E-state index contributed by atoms with van der Waals surface area (Å²) in [5.41, 5.74) is 4.16. The van der Waals surface area contributed by atoms with Crippen LogP contribution >= 0.6 is 22.7 Å². The molecular formula is C23H15NO2S2. The Morgan fingerprint density at radius 3 is 2.11 bits per heavy atom. The number of hydrogen-bond donors (Lipinski definition) is 0. The van der Waals surface area contributed by atoms with Gasteiger partial charge in [0, 0.05) is 21.6 Å². The monoisotopic (exact) mass is 401 g/mol. The molecule has 136 valence electrons. The molecule has 3 nitrogen and oxygen atoms in total. The fraction of sp³-hybridized carbons (Fsp3) is 0.0870. The number of carbonyl (C=O) groups is 2. The van der Waals surface area contributed by atoms with Gasteiger partial charge < -0.3 is 0 Å². The first-order valence-corrected chi connectivity index (χ1v) is 10.5. The van der Waals surface area contributed by atoms with Crippen LogP contribution in [0.15, 0.2) is 54.1 Å². The molecule has 0 amide bonds. The number of rotatable bonds is 2. The van der Waals surface area contributed by atoms with Gasteiger partial charge >= 0.3 is 0 Å². The summed E-state index contributed by atoms with van der Waals surface area (Å²) in [6.45, 7) is 3.76. The number of fused-ring (bicyclic) bond motifs is 2. The van der Waals surface area contributed by atoms with Crippen LogP contribution in [-0.4, -0.2) is 16.6 Å². The number of thiazole rings is 1. The van der Waals surface area contributed by atoms with E-state index in [0.29, 0.717) is 11.1 Å². The number of hydrogen-bond acceptors (Lipinski definition) is 5. The van der Waals surface area contributed by atoms with E-state index in [1.54, 1.807) is 17.4 Å². The number of benzene rings is 2. The summed E-state index contributed by atoms with van der Waals surface area (Å²) < 4.78 is 1.07. The van der Waals surface area contributed by atoms with Gasteiger partial charge in [-0.25, -0.2) is 4.98 Å². The molecule has 0 N–H and O–H groups in total. The van der Waals surface area contributed by atoms with E-state index in [4.69, 9.17) is 4.98 Å². The maximum Gasteiger partial charge on any atom is 0.198 e. The minimum absolute atomic E-state index is 0.170. The third kappa shape index (κ3) is 2.58. The van der Waals surface area contributed by atoms with Crippen LogP contribution in [0.1, 0.15) is 36.7 Å². The Morgan fingerprint density at radius 1 is 0.857 bits per heavy atom. The van der Waals surface area contributed by atoms with Crippen LogP contribution in [-0.2, 0) is 0 Å². The minimum atomic E-state index is -0.170. The molecule has 2 aromatic carbocycles. The zero-order valence-electron chi connectivity index (χ0n) is 15.3. The van der Waals surface area contributed by atoms with Crippen LogP contribution in [0, 0.1) is 13.8 Å². The van der Waals surface area contributed by atoms with Crippen molar-refractivity contribution in [3.8, 4) is 10.6 Å². The lowest BCUT2D eigenvalue weighted by Crippen LogP contribution is -2.00. The lowest BCUT2D eigenvalue weighted by Gasteiger charge is -2.03. The number of aromatic nitrogens is 1. The van der Waals surface area contributed by atoms with Gasteiger partial charge in [-0.2, -0.15) is 0 Å². The van der Waals surface area contributed by atoms with E-state index < -0.39 is 0 Å². The third-order valence-electron chi connectivity index (χ3n) is 4.98. The van der Waals surface area contributed by atoms with Crippen molar-refractivity contribution < 1.29 is 9.59 Å². The van der Waals surface area contributed by atoms with Crippen molar-refractivity contribution in [1.82, 2.24) is 4.98 Å². The van der Waals surface area contributed by atoms with E-state index >= 15 is 0 Å². The van der Waals surface area contributed by atoms with E-state index in [0.717, 1.165) is 36.1 Å². The highest BCUT2D eigenvalue weighted by Crippen LogP contribution is 2.38. The number of carbonyl (C=O) groups excluding carboxylic acids is 2. The predicted molar refractivity (Wildman–Crippen MR) is 115 cm³/mol. The van der Waals surface area contributed by atoms with Crippen molar-refractivity contribution in [1.29, 1.82) is 0 Å². The van der Waals surface area contributed by atoms with Crippen LogP contribution in [0.4, 0.5) is 0 Å². The normalized spacial score (nSPS) is 13.4. The van der Waals surface area contributed by atoms with Crippen LogP contribution in [0.3, 0.4) is 0 Å². The Morgan fingerprint density at radius 2 is 1.50 bits per heavy atom. The highest BCUT2D eigenvalue weighted by atomic mass is 32.1. The molecule has 0 saturated heterocycles. The first-order valence-electron chi connectivity index (χ1n) is 8.90. The minimum Gasteiger partial charge on any atom is -0.288 e. The van der Waals surface area contributed by atoms with Crippen molar-refractivity contribution in [2.45, 2.75) is 13.8 Å². The van der Waals surface area contributed by atoms with Crippen LogP contribution < -0.4 is 0 Å². The first-order chi connectivity index (χ1) is 13.5. The lowest BCUT2D eigenvalue weighted by molar-refractivity contribution is 0.0990. The van der Waals surface area contributed by atoms with Gasteiger partial charge in [0.05, 0.1) is 10.3 Å². The quantitative estimate of drug-likeness (QED) is 0.301. The molecule has 0 atom stereocenters. The Labute approximate surface area is 170 Å². The summed E-state index contributed by atoms with van der Waals surface area (Å²) in [5.74, 6) is -0.341. The van der Waals surface area contributed by atoms with Gasteiger partial charge in [-0.15, -0.1) is 22.7 Å². The average molecular weight is 402 g/mol. The Kier molecular flexibility index (Phi) is 3.89. The molecule has 0 fully saturated rings. The van der Waals surface area contributed by atoms with E-state index in [2.05, 4.69) is 0 Å². The summed E-state index contributed by atoms with van der Waals surface area (Å²) in [4.78, 5) is 32.3. The summed E-state index contributed by atoms with van der Waals surface area (Å²) in [5, 5.41) is 0.979. The SMILES string of the molecule is Cc1ccc(C)c2c1C(=O)C(=Cc1cc3sc(-c4ccccc4)nc3s1)C2=O. The van der Waals surface area contributed by atoms with Gasteiger partial charge in [-0.1, -0.05) is 42.5 Å². The van der Waals surface area contributed by atoms with E-state index in [-0.39, 0.29) is 17.1 Å². The molecule has 28 heavy (non-hydrogen) atoms. The number of Topliss-reactive ketones (excluding diaryl/α,β-unsaturated/α-hetero) is 2. The van der Waals surface area contributed by atoms with Gasteiger partial charge in [0.2, 0.25) is 0 Å². The number of ketones is 2. The van der Waals surface area contributed by atoms with Crippen molar-refractivity contribution in [3.05, 3.63) is 81.2 Å². The Hall–Kier alpha value is -2.89. The topological polar surface area (TPSA) is 47.0 Å². The zero-order valence-corrected chi connectivity index (χ0v) is 16.9. The second-order valence-corrected chi connectivity index (χ2v) is 8.96. The highest BCUT2D eigenvalue weighted by Gasteiger charge is 2.35. The lowest BCUT2D eigenvalue weighted by atomic mass is 9.99. The van der Waals surface area contributed by atoms with Gasteiger partial charge in [0.25, 0.3) is 0 Å². The second-order valence-electron chi connectivity index (χ2n) is 6.87. The fourth-order valence-corrected chi connectivity index (χ4v) is 5.74. The zero-order chi connectivity index (χ0) is 19.4. The van der Waals surface area contributed by atoms with Crippen molar-refractivity contribution in [2.75, 3.05) is 0 Å². The third-order valence-corrected chi connectivity index (χ3v) is 7.14. The van der Waals surface area contributed by atoms with Crippen LogP contribution in [0.5, 0.6) is 0 Å². The van der Waals surface area contributed by atoms with E-state index in [1.165, 1.54) is 11.3 Å². The largest absolute Gasteiger partial charge is 0.288 e. The van der Waals surface area contributed by atoms with Crippen molar-refractivity contribution in [3.63, 3.8) is 0 Å². The summed E-state index contributed by atoms with van der Waals surface area (Å²) >= 11 is 3.13. The maximum atomic E-state index is 12.9.